The largest absolute Gasteiger partial charge is 0.489 e. The Balaban J connectivity index is 1.47. The van der Waals surface area contributed by atoms with E-state index >= 15 is 0 Å². The van der Waals surface area contributed by atoms with E-state index in [1.165, 1.54) is 0 Å². The highest BCUT2D eigenvalue weighted by atomic mass is 79.9. The first-order chi connectivity index (χ1) is 13.6. The minimum Gasteiger partial charge on any atom is -0.489 e. The zero-order chi connectivity index (χ0) is 19.5. The molecule has 4 aromatic rings. The second-order valence-corrected chi connectivity index (χ2v) is 7.30. The Hall–Kier alpha value is -3.12. The molecule has 0 aliphatic heterocycles. The van der Waals surface area contributed by atoms with Gasteiger partial charge in [0.25, 0.3) is 5.91 Å². The summed E-state index contributed by atoms with van der Waals surface area (Å²) in [5, 5.41) is 2.89. The topological polar surface area (TPSA) is 56.2 Å². The first kappa shape index (κ1) is 18.3. The number of rotatable bonds is 5. The highest BCUT2D eigenvalue weighted by Gasteiger charge is 2.12. The second-order valence-electron chi connectivity index (χ2n) is 6.38. The van der Waals surface area contributed by atoms with Gasteiger partial charge < -0.3 is 9.30 Å². The van der Waals surface area contributed by atoms with Gasteiger partial charge in [0.15, 0.2) is 0 Å². The van der Waals surface area contributed by atoms with Crippen molar-refractivity contribution in [1.29, 1.82) is 0 Å². The standard InChI is InChI=1S/C22H18BrN3O2/c1-26-20-8-3-2-7-19(20)24-22(26)25-21(27)16-6-4-5-15(13-16)14-28-18-11-9-17(23)10-12-18/h2-13H,14H2,1H3,(H,24,25,27). The van der Waals surface area contributed by atoms with E-state index < -0.39 is 0 Å². The number of imidazole rings is 1. The van der Waals surface area contributed by atoms with E-state index in [-0.39, 0.29) is 5.91 Å². The Labute approximate surface area is 171 Å². The molecule has 1 heterocycles. The fourth-order valence-electron chi connectivity index (χ4n) is 2.93. The van der Waals surface area contributed by atoms with Crippen LogP contribution in [-0.2, 0) is 13.7 Å². The molecule has 3 aromatic carbocycles. The molecule has 140 valence electrons. The van der Waals surface area contributed by atoms with Gasteiger partial charge in [0.2, 0.25) is 5.95 Å². The van der Waals surface area contributed by atoms with Gasteiger partial charge in [-0.05, 0) is 54.1 Å². The summed E-state index contributed by atoms with van der Waals surface area (Å²) in [6.07, 6.45) is 0. The minimum absolute atomic E-state index is 0.205. The molecule has 0 atom stereocenters. The molecule has 0 aliphatic carbocycles. The molecule has 1 aromatic heterocycles. The van der Waals surface area contributed by atoms with E-state index in [0.717, 1.165) is 26.8 Å². The number of hydrogen-bond donors (Lipinski definition) is 1. The van der Waals surface area contributed by atoms with Crippen LogP contribution >= 0.6 is 15.9 Å². The van der Waals surface area contributed by atoms with Crippen molar-refractivity contribution in [3.8, 4) is 5.75 Å². The number of para-hydroxylation sites is 2. The number of nitrogens with one attached hydrogen (secondary N) is 1. The fourth-order valence-corrected chi connectivity index (χ4v) is 3.20. The van der Waals surface area contributed by atoms with Crippen LogP contribution in [0.2, 0.25) is 0 Å². The molecular weight excluding hydrogens is 418 g/mol. The number of fused-ring (bicyclic) bond motifs is 1. The molecule has 0 saturated heterocycles. The Morgan fingerprint density at radius 1 is 1.07 bits per heavy atom. The lowest BCUT2D eigenvalue weighted by Gasteiger charge is -2.09. The number of ether oxygens (including phenoxy) is 1. The summed E-state index contributed by atoms with van der Waals surface area (Å²) in [7, 11) is 1.88. The summed E-state index contributed by atoms with van der Waals surface area (Å²) < 4.78 is 8.66. The maximum absolute atomic E-state index is 12.7. The molecule has 1 N–H and O–H groups in total. The normalized spacial score (nSPS) is 10.8. The maximum atomic E-state index is 12.7. The zero-order valence-electron chi connectivity index (χ0n) is 15.2. The molecule has 6 heteroatoms. The minimum atomic E-state index is -0.205. The van der Waals surface area contributed by atoms with E-state index in [2.05, 4.69) is 26.2 Å². The van der Waals surface area contributed by atoms with Gasteiger partial charge in [-0.1, -0.05) is 40.2 Å². The van der Waals surface area contributed by atoms with Crippen LogP contribution in [0.4, 0.5) is 5.95 Å². The van der Waals surface area contributed by atoms with Crippen molar-refractivity contribution in [1.82, 2.24) is 9.55 Å². The van der Waals surface area contributed by atoms with Crippen LogP contribution < -0.4 is 10.1 Å². The summed E-state index contributed by atoms with van der Waals surface area (Å²) in [6.45, 7) is 0.384. The van der Waals surface area contributed by atoms with Crippen molar-refractivity contribution in [2.75, 3.05) is 5.32 Å². The number of aromatic nitrogens is 2. The average Bonchev–Trinajstić information content (AvgIpc) is 3.03. The third-order valence-electron chi connectivity index (χ3n) is 4.42. The van der Waals surface area contributed by atoms with E-state index in [1.54, 1.807) is 6.07 Å². The Bertz CT molecular complexity index is 1140. The molecule has 0 unspecified atom stereocenters. The lowest BCUT2D eigenvalue weighted by Crippen LogP contribution is -2.15. The smallest absolute Gasteiger partial charge is 0.257 e. The summed E-state index contributed by atoms with van der Waals surface area (Å²) >= 11 is 3.40. The number of carbonyl (C=O) groups excluding carboxylic acids is 1. The summed E-state index contributed by atoms with van der Waals surface area (Å²) in [5.41, 5.74) is 3.29. The Morgan fingerprint density at radius 3 is 2.64 bits per heavy atom. The summed E-state index contributed by atoms with van der Waals surface area (Å²) in [6, 6.07) is 22.8. The van der Waals surface area contributed by atoms with Crippen molar-refractivity contribution in [2.45, 2.75) is 6.61 Å². The first-order valence-electron chi connectivity index (χ1n) is 8.80. The number of carbonyl (C=O) groups is 1. The monoisotopic (exact) mass is 435 g/mol. The van der Waals surface area contributed by atoms with Crippen LogP contribution in [0, 0.1) is 0 Å². The number of anilines is 1. The molecular formula is C22H18BrN3O2. The fraction of sp³-hybridized carbons (Fsp3) is 0.0909. The van der Waals surface area contributed by atoms with Gasteiger partial charge in [-0.3, -0.25) is 10.1 Å². The van der Waals surface area contributed by atoms with Crippen LogP contribution in [0.3, 0.4) is 0 Å². The molecule has 1 amide bonds. The van der Waals surface area contributed by atoms with Crippen molar-refractivity contribution >= 4 is 38.8 Å². The van der Waals surface area contributed by atoms with E-state index in [9.17, 15) is 4.79 Å². The predicted molar refractivity (Wildman–Crippen MR) is 114 cm³/mol. The van der Waals surface area contributed by atoms with Crippen molar-refractivity contribution in [3.63, 3.8) is 0 Å². The van der Waals surface area contributed by atoms with E-state index in [4.69, 9.17) is 4.74 Å². The van der Waals surface area contributed by atoms with Crippen molar-refractivity contribution in [2.24, 2.45) is 7.05 Å². The number of hydrogen-bond acceptors (Lipinski definition) is 3. The third kappa shape index (κ3) is 3.92. The van der Waals surface area contributed by atoms with Gasteiger partial charge >= 0.3 is 0 Å². The van der Waals surface area contributed by atoms with Crippen molar-refractivity contribution in [3.05, 3.63) is 88.4 Å². The highest BCUT2D eigenvalue weighted by Crippen LogP contribution is 2.20. The first-order valence-corrected chi connectivity index (χ1v) is 9.59. The quantitative estimate of drug-likeness (QED) is 0.470. The molecule has 0 spiro atoms. The van der Waals surface area contributed by atoms with Crippen LogP contribution in [0.5, 0.6) is 5.75 Å². The molecule has 28 heavy (non-hydrogen) atoms. The van der Waals surface area contributed by atoms with Gasteiger partial charge in [0.05, 0.1) is 11.0 Å². The van der Waals surface area contributed by atoms with E-state index in [1.807, 2.05) is 78.3 Å². The molecule has 0 saturated carbocycles. The van der Waals surface area contributed by atoms with Gasteiger partial charge in [0, 0.05) is 17.1 Å². The Kier molecular flexibility index (Phi) is 5.12. The average molecular weight is 436 g/mol. The molecule has 0 radical (unpaired) electrons. The number of amides is 1. The SMILES string of the molecule is Cn1c(NC(=O)c2cccc(COc3ccc(Br)cc3)c2)nc2ccccc21. The lowest BCUT2D eigenvalue weighted by molar-refractivity contribution is 0.102. The van der Waals surface area contributed by atoms with Gasteiger partial charge in [-0.25, -0.2) is 4.98 Å². The molecule has 5 nitrogen and oxygen atoms in total. The van der Waals surface area contributed by atoms with E-state index in [0.29, 0.717) is 18.1 Å². The molecule has 0 aliphatic rings. The van der Waals surface area contributed by atoms with Crippen LogP contribution in [0.25, 0.3) is 11.0 Å². The van der Waals surface area contributed by atoms with Gasteiger partial charge in [0.1, 0.15) is 12.4 Å². The van der Waals surface area contributed by atoms with Gasteiger partial charge in [-0.2, -0.15) is 0 Å². The lowest BCUT2D eigenvalue weighted by atomic mass is 10.1. The van der Waals surface area contributed by atoms with Crippen LogP contribution in [0.15, 0.2) is 77.3 Å². The second kappa shape index (κ2) is 7.86. The number of halogens is 1. The summed E-state index contributed by atoms with van der Waals surface area (Å²) in [4.78, 5) is 17.2. The number of aryl methyl sites for hydroxylation is 1. The van der Waals surface area contributed by atoms with Gasteiger partial charge in [-0.15, -0.1) is 0 Å². The van der Waals surface area contributed by atoms with Crippen LogP contribution in [-0.4, -0.2) is 15.5 Å². The maximum Gasteiger partial charge on any atom is 0.257 e. The third-order valence-corrected chi connectivity index (χ3v) is 4.95. The predicted octanol–water partition coefficient (Wildman–Crippen LogP) is 5.17. The highest BCUT2D eigenvalue weighted by molar-refractivity contribution is 9.10. The molecule has 0 fully saturated rings. The van der Waals surface area contributed by atoms with Crippen LogP contribution in [0.1, 0.15) is 15.9 Å². The Morgan fingerprint density at radius 2 is 1.86 bits per heavy atom. The number of nitrogens with zero attached hydrogens (tertiary/aromatic N) is 2. The molecule has 4 rings (SSSR count). The van der Waals surface area contributed by atoms with Crippen molar-refractivity contribution < 1.29 is 9.53 Å². The zero-order valence-corrected chi connectivity index (χ0v) is 16.8. The summed E-state index contributed by atoms with van der Waals surface area (Å²) in [5.74, 6) is 1.09. The molecule has 0 bridgehead atoms. The number of benzene rings is 3.